The lowest BCUT2D eigenvalue weighted by atomic mass is 9.71. The highest BCUT2D eigenvalue weighted by atomic mass is 16.6. The van der Waals surface area contributed by atoms with Gasteiger partial charge >= 0.3 is 5.97 Å². The number of aliphatic hydroxyl groups excluding tert-OH is 1. The number of aliphatic hydroxyl groups is 1. The lowest BCUT2D eigenvalue weighted by Gasteiger charge is -2.38. The first-order valence-corrected chi connectivity index (χ1v) is 5.69. The molecule has 0 aliphatic heterocycles. The topological polar surface area (TPSA) is 46.5 Å². The van der Waals surface area contributed by atoms with Crippen molar-refractivity contribution >= 4 is 5.97 Å². The van der Waals surface area contributed by atoms with Gasteiger partial charge in [-0.3, -0.25) is 0 Å². The predicted molar refractivity (Wildman–Crippen MR) is 58.4 cm³/mol. The Labute approximate surface area is 91.8 Å². The van der Waals surface area contributed by atoms with Gasteiger partial charge in [-0.25, -0.2) is 4.79 Å². The zero-order chi connectivity index (χ0) is 11.6. The highest BCUT2D eigenvalue weighted by Crippen LogP contribution is 2.39. The van der Waals surface area contributed by atoms with Crippen molar-refractivity contribution in [2.45, 2.75) is 59.2 Å². The lowest BCUT2D eigenvalue weighted by molar-refractivity contribution is -0.162. The highest BCUT2D eigenvalue weighted by Gasteiger charge is 2.34. The van der Waals surface area contributed by atoms with E-state index in [2.05, 4.69) is 20.8 Å². The predicted octanol–water partition coefficient (Wildman–Crippen LogP) is 2.13. The summed E-state index contributed by atoms with van der Waals surface area (Å²) in [4.78, 5) is 11.3. The van der Waals surface area contributed by atoms with E-state index in [0.29, 0.717) is 5.92 Å². The summed E-state index contributed by atoms with van der Waals surface area (Å²) in [5.74, 6) is 0.0884. The van der Waals surface area contributed by atoms with Crippen molar-refractivity contribution in [1.82, 2.24) is 0 Å². The number of carbonyl (C=O) groups excluding carboxylic acids is 1. The van der Waals surface area contributed by atoms with Crippen LogP contribution in [0.15, 0.2) is 0 Å². The molecule has 0 aromatic rings. The maximum Gasteiger partial charge on any atom is 0.334 e. The Morgan fingerprint density at radius 3 is 2.53 bits per heavy atom. The first-order chi connectivity index (χ1) is 6.80. The number of hydrogen-bond donors (Lipinski definition) is 1. The molecule has 0 amide bonds. The van der Waals surface area contributed by atoms with E-state index in [1.54, 1.807) is 0 Å². The molecule has 0 unspecified atom stereocenters. The van der Waals surface area contributed by atoms with E-state index in [-0.39, 0.29) is 11.5 Å². The number of carbonyl (C=O) groups is 1. The fourth-order valence-electron chi connectivity index (χ4n) is 2.61. The van der Waals surface area contributed by atoms with Gasteiger partial charge in [0.05, 0.1) is 0 Å². The summed E-state index contributed by atoms with van der Waals surface area (Å²) in [7, 11) is 0. The van der Waals surface area contributed by atoms with E-state index in [0.717, 1.165) is 12.8 Å². The van der Waals surface area contributed by atoms with Crippen LogP contribution in [0.1, 0.15) is 47.0 Å². The maximum atomic E-state index is 11.3. The molecule has 0 radical (unpaired) electrons. The van der Waals surface area contributed by atoms with Gasteiger partial charge in [-0.15, -0.1) is 0 Å². The van der Waals surface area contributed by atoms with Gasteiger partial charge in [0, 0.05) is 0 Å². The molecule has 88 valence electrons. The Hall–Kier alpha value is -0.570. The summed E-state index contributed by atoms with van der Waals surface area (Å²) >= 11 is 0. The second-order valence-electron chi connectivity index (χ2n) is 5.65. The molecule has 0 aromatic heterocycles. The van der Waals surface area contributed by atoms with Crippen LogP contribution in [0, 0.1) is 11.3 Å². The molecule has 1 aliphatic carbocycles. The van der Waals surface area contributed by atoms with Crippen molar-refractivity contribution < 1.29 is 14.6 Å². The number of esters is 1. The molecule has 3 atom stereocenters. The molecule has 3 heteroatoms. The van der Waals surface area contributed by atoms with Crippen LogP contribution >= 0.6 is 0 Å². The average Bonchev–Trinajstić information content (AvgIpc) is 1.99. The van der Waals surface area contributed by atoms with Crippen LogP contribution in [0.25, 0.3) is 0 Å². The van der Waals surface area contributed by atoms with Gasteiger partial charge in [0.25, 0.3) is 0 Å². The van der Waals surface area contributed by atoms with Crippen molar-refractivity contribution in [2.24, 2.45) is 11.3 Å². The van der Waals surface area contributed by atoms with Gasteiger partial charge in [-0.2, -0.15) is 0 Å². The summed E-state index contributed by atoms with van der Waals surface area (Å²) in [6.07, 6.45) is 1.96. The molecule has 0 spiro atoms. The molecule has 3 nitrogen and oxygen atoms in total. The Balaban J connectivity index is 2.52. The molecular weight excluding hydrogens is 192 g/mol. The second kappa shape index (κ2) is 4.52. The van der Waals surface area contributed by atoms with E-state index >= 15 is 0 Å². The average molecular weight is 214 g/mol. The van der Waals surface area contributed by atoms with Crippen LogP contribution in [0.3, 0.4) is 0 Å². The largest absolute Gasteiger partial charge is 0.460 e. The third kappa shape index (κ3) is 3.82. The van der Waals surface area contributed by atoms with E-state index < -0.39 is 12.1 Å². The minimum atomic E-state index is -1.01. The molecule has 1 rings (SSSR count). The Bertz CT molecular complexity index is 233. The fourth-order valence-corrected chi connectivity index (χ4v) is 2.61. The molecule has 0 aromatic carbocycles. The van der Waals surface area contributed by atoms with Crippen LogP contribution in [0.2, 0.25) is 0 Å². The normalized spacial score (nSPS) is 32.1. The molecule has 1 aliphatic rings. The zero-order valence-corrected chi connectivity index (χ0v) is 10.1. The van der Waals surface area contributed by atoms with Crippen LogP contribution in [0.4, 0.5) is 0 Å². The van der Waals surface area contributed by atoms with Gasteiger partial charge in [-0.1, -0.05) is 20.8 Å². The number of ether oxygens (including phenoxy) is 1. The van der Waals surface area contributed by atoms with Crippen molar-refractivity contribution in [2.75, 3.05) is 0 Å². The molecule has 0 saturated heterocycles. The lowest BCUT2D eigenvalue weighted by Crippen LogP contribution is -2.35. The summed E-state index contributed by atoms with van der Waals surface area (Å²) < 4.78 is 5.27. The second-order valence-corrected chi connectivity index (χ2v) is 5.65. The van der Waals surface area contributed by atoms with Crippen molar-refractivity contribution in [3.8, 4) is 0 Å². The first kappa shape index (κ1) is 12.5. The van der Waals surface area contributed by atoms with E-state index in [9.17, 15) is 4.79 Å². The Morgan fingerprint density at radius 2 is 2.07 bits per heavy atom. The van der Waals surface area contributed by atoms with Crippen molar-refractivity contribution in [3.63, 3.8) is 0 Å². The Morgan fingerprint density at radius 1 is 1.47 bits per heavy atom. The smallest absolute Gasteiger partial charge is 0.334 e. The van der Waals surface area contributed by atoms with E-state index in [4.69, 9.17) is 9.84 Å². The van der Waals surface area contributed by atoms with Gasteiger partial charge in [0.15, 0.2) is 0 Å². The minimum Gasteiger partial charge on any atom is -0.460 e. The van der Waals surface area contributed by atoms with Crippen molar-refractivity contribution in [3.05, 3.63) is 0 Å². The molecule has 0 heterocycles. The van der Waals surface area contributed by atoms with Crippen LogP contribution in [0.5, 0.6) is 0 Å². The molecule has 1 N–H and O–H groups in total. The first-order valence-electron chi connectivity index (χ1n) is 5.69. The summed E-state index contributed by atoms with van der Waals surface area (Å²) in [6.45, 7) is 8.03. The molecule has 0 bridgehead atoms. The minimum absolute atomic E-state index is 0.0224. The van der Waals surface area contributed by atoms with Crippen molar-refractivity contribution in [1.29, 1.82) is 0 Å². The summed E-state index contributed by atoms with van der Waals surface area (Å²) in [6, 6.07) is 0. The van der Waals surface area contributed by atoms with Gasteiger partial charge in [0.2, 0.25) is 0 Å². The fraction of sp³-hybridized carbons (Fsp3) is 0.917. The molecule has 15 heavy (non-hydrogen) atoms. The summed E-state index contributed by atoms with van der Waals surface area (Å²) in [5.41, 5.74) is 0.237. The number of hydrogen-bond acceptors (Lipinski definition) is 3. The quantitative estimate of drug-likeness (QED) is 0.716. The van der Waals surface area contributed by atoms with Crippen LogP contribution < -0.4 is 0 Å². The highest BCUT2D eigenvalue weighted by molar-refractivity contribution is 5.73. The molecular formula is C12H22O3. The Kier molecular flexibility index (Phi) is 3.77. The third-order valence-electron chi connectivity index (χ3n) is 2.97. The van der Waals surface area contributed by atoms with Crippen LogP contribution in [-0.4, -0.2) is 23.3 Å². The SMILES string of the molecule is C[C@@H]1C[C@H](OC(=O)[C@H](C)O)CC(C)(C)C1. The van der Waals surface area contributed by atoms with E-state index in [1.165, 1.54) is 13.3 Å². The standard InChI is InChI=1S/C12H22O3/c1-8-5-10(7-12(3,4)6-8)15-11(14)9(2)13/h8-10,13H,5-7H2,1-4H3/t8-,9+,10+/m1/s1. The van der Waals surface area contributed by atoms with E-state index in [1.807, 2.05) is 0 Å². The monoisotopic (exact) mass is 214 g/mol. The third-order valence-corrected chi connectivity index (χ3v) is 2.97. The molecule has 1 saturated carbocycles. The van der Waals surface area contributed by atoms with Gasteiger partial charge in [0.1, 0.15) is 12.2 Å². The van der Waals surface area contributed by atoms with Gasteiger partial charge < -0.3 is 9.84 Å². The molecule has 1 fully saturated rings. The zero-order valence-electron chi connectivity index (χ0n) is 10.1. The summed E-state index contributed by atoms with van der Waals surface area (Å²) in [5, 5.41) is 9.07. The maximum absolute atomic E-state index is 11.3. The van der Waals surface area contributed by atoms with Gasteiger partial charge in [-0.05, 0) is 37.5 Å². The number of rotatable bonds is 2. The van der Waals surface area contributed by atoms with Crippen LogP contribution in [-0.2, 0) is 9.53 Å².